The Hall–Kier alpha value is -4.30. The number of nitrogens with zero attached hydrogens (tertiary/aromatic N) is 1. The normalized spacial score (nSPS) is 22.4. The fraction of sp³-hybridized carbons (Fsp3) is 0.125. The van der Waals surface area contributed by atoms with E-state index in [-0.39, 0.29) is 11.1 Å². The molecule has 2 fully saturated rings. The van der Waals surface area contributed by atoms with E-state index in [2.05, 4.69) is 0 Å². The fourth-order valence-electron chi connectivity index (χ4n) is 6.03. The number of carbonyl (C=O) groups excluding carboxylic acids is 4. The molecule has 7 nitrogen and oxygen atoms in total. The summed E-state index contributed by atoms with van der Waals surface area (Å²) in [5.74, 6) is -3.85. The average Bonchev–Trinajstić information content (AvgIpc) is 3.55. The minimum atomic E-state index is -2.14. The maximum absolute atomic E-state index is 14.1. The van der Waals surface area contributed by atoms with Gasteiger partial charge in [-0.05, 0) is 66.2 Å². The maximum atomic E-state index is 14.1. The first-order valence-electron chi connectivity index (χ1n) is 12.8. The van der Waals surface area contributed by atoms with Gasteiger partial charge in [-0.2, -0.15) is 0 Å². The van der Waals surface area contributed by atoms with Gasteiger partial charge in [0.15, 0.2) is 0 Å². The van der Waals surface area contributed by atoms with Crippen LogP contribution in [0, 0.1) is 11.8 Å². The van der Waals surface area contributed by atoms with Crippen molar-refractivity contribution >= 4 is 52.3 Å². The molecule has 0 N–H and O–H groups in total. The van der Waals surface area contributed by atoms with Crippen molar-refractivity contribution in [2.75, 3.05) is 4.90 Å². The van der Waals surface area contributed by atoms with Crippen molar-refractivity contribution in [1.29, 1.82) is 0 Å². The number of ether oxygens (including phenoxy) is 2. The van der Waals surface area contributed by atoms with Crippen molar-refractivity contribution in [2.45, 2.75) is 11.7 Å². The van der Waals surface area contributed by atoms with Crippen molar-refractivity contribution in [2.24, 2.45) is 11.8 Å². The highest BCUT2D eigenvalue weighted by atomic mass is 35.5. The Balaban J connectivity index is 1.28. The summed E-state index contributed by atoms with van der Waals surface area (Å²) in [6.45, 7) is 0. The number of imide groups is 1. The molecule has 4 aromatic rings. The van der Waals surface area contributed by atoms with E-state index >= 15 is 0 Å². The van der Waals surface area contributed by atoms with Crippen LogP contribution in [-0.4, -0.2) is 29.0 Å². The number of Topliss-reactive ketones (excluding diaryl/α,β-unsaturated/α-hetero) is 2. The van der Waals surface area contributed by atoms with Crippen LogP contribution < -0.4 is 9.64 Å². The lowest BCUT2D eigenvalue weighted by atomic mass is 9.77. The number of carbonyl (C=O) groups is 4. The van der Waals surface area contributed by atoms with Crippen LogP contribution in [-0.2, 0) is 14.3 Å². The second kappa shape index (κ2) is 9.38. The third kappa shape index (κ3) is 3.77. The van der Waals surface area contributed by atoms with Crippen LogP contribution in [0.4, 0.5) is 5.69 Å². The minimum Gasteiger partial charge on any atom is -0.457 e. The Morgan fingerprint density at radius 3 is 1.73 bits per heavy atom. The standard InChI is InChI=1S/C32H19Cl2NO6/c33-18-7-5-17(6-8-18)27-25-26(32(41-27)28(36)23-3-1-2-4-24(23)29(32)37)31(39)35(30(25)38)20-11-15-22(16-12-20)40-21-13-9-19(34)10-14-21/h1-16,25-27H/t25-,26-,27-/m0/s1. The lowest BCUT2D eigenvalue weighted by Gasteiger charge is -2.27. The summed E-state index contributed by atoms with van der Waals surface area (Å²) >= 11 is 12.0. The molecule has 0 unspecified atom stereocenters. The van der Waals surface area contributed by atoms with E-state index < -0.39 is 46.9 Å². The number of hydrogen-bond acceptors (Lipinski definition) is 6. The van der Waals surface area contributed by atoms with Gasteiger partial charge in [-0.1, -0.05) is 59.6 Å². The first-order chi connectivity index (χ1) is 19.8. The first-order valence-corrected chi connectivity index (χ1v) is 13.6. The predicted octanol–water partition coefficient (Wildman–Crippen LogP) is 6.48. The van der Waals surface area contributed by atoms with Crippen molar-refractivity contribution in [3.05, 3.63) is 124 Å². The highest BCUT2D eigenvalue weighted by Gasteiger charge is 2.74. The summed E-state index contributed by atoms with van der Waals surface area (Å²) in [6, 6.07) is 26.2. The number of fused-ring (bicyclic) bond motifs is 3. The van der Waals surface area contributed by atoms with Gasteiger partial charge in [-0.25, -0.2) is 4.90 Å². The molecular weight excluding hydrogens is 565 g/mol. The lowest BCUT2D eigenvalue weighted by Crippen LogP contribution is -2.51. The van der Waals surface area contributed by atoms with Crippen molar-refractivity contribution < 1.29 is 28.7 Å². The van der Waals surface area contributed by atoms with Crippen LogP contribution in [0.1, 0.15) is 32.4 Å². The number of benzene rings is 4. The molecule has 9 heteroatoms. The Labute approximate surface area is 244 Å². The quantitative estimate of drug-likeness (QED) is 0.202. The highest BCUT2D eigenvalue weighted by Crippen LogP contribution is 2.57. The second-order valence-corrected chi connectivity index (χ2v) is 11.0. The molecule has 0 saturated carbocycles. The van der Waals surface area contributed by atoms with Crippen LogP contribution >= 0.6 is 23.2 Å². The summed E-state index contributed by atoms with van der Waals surface area (Å²) in [4.78, 5) is 56.9. The molecule has 1 aliphatic carbocycles. The molecule has 0 bridgehead atoms. The molecule has 7 rings (SSSR count). The van der Waals surface area contributed by atoms with E-state index in [1.54, 1.807) is 84.9 Å². The van der Waals surface area contributed by atoms with E-state index in [0.717, 1.165) is 4.90 Å². The summed E-state index contributed by atoms with van der Waals surface area (Å²) in [5.41, 5.74) is -0.964. The molecule has 41 heavy (non-hydrogen) atoms. The molecule has 2 saturated heterocycles. The smallest absolute Gasteiger partial charge is 0.241 e. The van der Waals surface area contributed by atoms with Crippen LogP contribution in [0.15, 0.2) is 97.1 Å². The van der Waals surface area contributed by atoms with E-state index in [9.17, 15) is 19.2 Å². The number of halogens is 2. The summed E-state index contributed by atoms with van der Waals surface area (Å²) in [6.07, 6.45) is -1.02. The third-order valence-corrected chi connectivity index (χ3v) is 8.37. The number of anilines is 1. The van der Waals surface area contributed by atoms with Crippen molar-refractivity contribution in [3.8, 4) is 11.5 Å². The van der Waals surface area contributed by atoms with Gasteiger partial charge in [-0.15, -0.1) is 0 Å². The first kappa shape index (κ1) is 25.7. The van der Waals surface area contributed by atoms with Gasteiger partial charge in [0, 0.05) is 21.2 Å². The van der Waals surface area contributed by atoms with Gasteiger partial charge in [0.25, 0.3) is 0 Å². The van der Waals surface area contributed by atoms with E-state index in [0.29, 0.717) is 32.8 Å². The molecular formula is C32H19Cl2NO6. The Bertz CT molecular complexity index is 1720. The Kier molecular flexibility index (Phi) is 5.87. The number of ketones is 2. The SMILES string of the molecule is O=C1[C@H]2[C@@H](C(=O)N1c1ccc(Oc3ccc(Cl)cc3)cc1)C1(O[C@H]2c2ccc(Cl)cc2)C(=O)c2ccccc2C1=O. The molecule has 0 radical (unpaired) electrons. The molecule has 0 aromatic heterocycles. The average molecular weight is 584 g/mol. The monoisotopic (exact) mass is 583 g/mol. The molecule has 3 atom stereocenters. The molecule has 2 heterocycles. The highest BCUT2D eigenvalue weighted by molar-refractivity contribution is 6.37. The Morgan fingerprint density at radius 2 is 1.17 bits per heavy atom. The third-order valence-electron chi connectivity index (χ3n) is 7.86. The summed E-state index contributed by atoms with van der Waals surface area (Å²) < 4.78 is 12.1. The zero-order chi connectivity index (χ0) is 28.5. The maximum Gasteiger partial charge on any atom is 0.241 e. The van der Waals surface area contributed by atoms with E-state index in [4.69, 9.17) is 32.7 Å². The molecule has 4 aromatic carbocycles. The zero-order valence-corrected chi connectivity index (χ0v) is 22.6. The molecule has 3 aliphatic rings. The van der Waals surface area contributed by atoms with Crippen molar-refractivity contribution in [3.63, 3.8) is 0 Å². The minimum absolute atomic E-state index is 0.176. The van der Waals surface area contributed by atoms with Gasteiger partial charge in [0.2, 0.25) is 29.0 Å². The van der Waals surface area contributed by atoms with Crippen LogP contribution in [0.3, 0.4) is 0 Å². The molecule has 2 amide bonds. The molecule has 1 spiro atoms. The van der Waals surface area contributed by atoms with Gasteiger partial charge < -0.3 is 9.47 Å². The molecule has 202 valence electrons. The van der Waals surface area contributed by atoms with Crippen LogP contribution in [0.2, 0.25) is 10.0 Å². The van der Waals surface area contributed by atoms with E-state index in [1.165, 1.54) is 12.1 Å². The predicted molar refractivity (Wildman–Crippen MR) is 151 cm³/mol. The molecule has 2 aliphatic heterocycles. The van der Waals surface area contributed by atoms with E-state index in [1.807, 2.05) is 0 Å². The topological polar surface area (TPSA) is 90.0 Å². The summed E-state index contributed by atoms with van der Waals surface area (Å²) in [5, 5.41) is 1.04. The number of rotatable bonds is 4. The van der Waals surface area contributed by atoms with Gasteiger partial charge in [-0.3, -0.25) is 19.2 Å². The van der Waals surface area contributed by atoms with Gasteiger partial charge >= 0.3 is 0 Å². The second-order valence-electron chi connectivity index (χ2n) is 10.1. The van der Waals surface area contributed by atoms with Gasteiger partial charge in [0.1, 0.15) is 11.5 Å². The number of hydrogen-bond donors (Lipinski definition) is 0. The van der Waals surface area contributed by atoms with Crippen LogP contribution in [0.25, 0.3) is 0 Å². The largest absolute Gasteiger partial charge is 0.457 e. The number of amides is 2. The summed E-state index contributed by atoms with van der Waals surface area (Å²) in [7, 11) is 0. The van der Waals surface area contributed by atoms with Crippen LogP contribution in [0.5, 0.6) is 11.5 Å². The van der Waals surface area contributed by atoms with Crippen molar-refractivity contribution in [1.82, 2.24) is 0 Å². The fourth-order valence-corrected chi connectivity index (χ4v) is 6.28. The van der Waals surface area contributed by atoms with Gasteiger partial charge in [0.05, 0.1) is 23.6 Å². The zero-order valence-electron chi connectivity index (χ0n) is 21.1. The lowest BCUT2D eigenvalue weighted by molar-refractivity contribution is -0.127. The Morgan fingerprint density at radius 1 is 0.659 bits per heavy atom.